The van der Waals surface area contributed by atoms with Crippen LogP contribution < -0.4 is 4.90 Å². The van der Waals surface area contributed by atoms with Gasteiger partial charge in [0.05, 0.1) is 0 Å². The van der Waals surface area contributed by atoms with Crippen LogP contribution in [0.5, 0.6) is 0 Å². The van der Waals surface area contributed by atoms with Crippen molar-refractivity contribution in [3.05, 3.63) is 175 Å². The van der Waals surface area contributed by atoms with Gasteiger partial charge >= 0.3 is 0 Å². The van der Waals surface area contributed by atoms with Crippen LogP contribution in [0.15, 0.2) is 164 Å². The third-order valence-electron chi connectivity index (χ3n) is 9.40. The van der Waals surface area contributed by atoms with E-state index >= 15 is 0 Å². The van der Waals surface area contributed by atoms with Crippen molar-refractivity contribution in [1.29, 1.82) is 0 Å². The molecule has 0 radical (unpaired) electrons. The molecule has 0 aliphatic carbocycles. The van der Waals surface area contributed by atoms with Gasteiger partial charge in [0.15, 0.2) is 11.3 Å². The minimum absolute atomic E-state index is 0.798. The van der Waals surface area contributed by atoms with E-state index in [2.05, 4.69) is 105 Å². The zero-order valence-corrected chi connectivity index (χ0v) is 26.9. The lowest BCUT2D eigenvalue weighted by Gasteiger charge is -2.34. The Kier molecular flexibility index (Phi) is 6.42. The van der Waals surface area contributed by atoms with E-state index in [0.29, 0.717) is 0 Å². The minimum atomic E-state index is 0.798. The van der Waals surface area contributed by atoms with Crippen LogP contribution in [-0.4, -0.2) is 29.1 Å². The van der Waals surface area contributed by atoms with E-state index in [0.717, 1.165) is 80.0 Å². The summed E-state index contributed by atoms with van der Waals surface area (Å²) >= 11 is 0. The first-order valence-corrected chi connectivity index (χ1v) is 16.7. The van der Waals surface area contributed by atoms with Crippen LogP contribution in [-0.2, 0) is 6.42 Å². The summed E-state index contributed by atoms with van der Waals surface area (Å²) in [5.74, 6) is 1.60. The number of hydrogen-bond donors (Lipinski definition) is 0. The van der Waals surface area contributed by atoms with Crippen molar-refractivity contribution in [2.24, 2.45) is 0 Å². The maximum atomic E-state index is 5.23. The van der Waals surface area contributed by atoms with Crippen molar-refractivity contribution < 1.29 is 0 Å². The predicted octanol–water partition coefficient (Wildman–Crippen LogP) is 9.86. The lowest BCUT2D eigenvalue weighted by molar-refractivity contribution is 1.06. The van der Waals surface area contributed by atoms with Gasteiger partial charge in [0.1, 0.15) is 22.7 Å². The van der Waals surface area contributed by atoms with Crippen LogP contribution in [0.25, 0.3) is 56.5 Å². The van der Waals surface area contributed by atoms with E-state index in [1.807, 2.05) is 73.1 Å². The zero-order valence-electron chi connectivity index (χ0n) is 26.9. The fraction of sp³-hybridized carbons (Fsp3) is 0.0233. The molecule has 5 aromatic carbocycles. The third-order valence-corrected chi connectivity index (χ3v) is 9.40. The molecule has 0 fully saturated rings. The molecule has 0 bridgehead atoms. The molecule has 0 N–H and O–H groups in total. The standard InChI is InChI=1S/C43H29N7/c1-3-15-33(16-4-1)49-40(46-36-19-11-23-44-42(36)49)31-26-32(41-47-37-20-12-24-45-43(37)50(41)34-17-5-2-6-18-34)28-35(27-31)48-38-21-9-7-13-29(38)25-30-14-8-10-22-39(30)48/h1-24,26-28H,25H2. The molecule has 4 aromatic heterocycles. The van der Waals surface area contributed by atoms with E-state index < -0.39 is 0 Å². The highest BCUT2D eigenvalue weighted by molar-refractivity contribution is 5.90. The first-order chi connectivity index (χ1) is 24.8. The Morgan fingerprint density at radius 1 is 0.420 bits per heavy atom. The van der Waals surface area contributed by atoms with Crippen molar-refractivity contribution in [3.8, 4) is 34.2 Å². The molecule has 10 rings (SSSR count). The fourth-order valence-electron chi connectivity index (χ4n) is 7.22. The number of hydrogen-bond acceptors (Lipinski definition) is 5. The quantitative estimate of drug-likeness (QED) is 0.187. The number of imidazole rings is 2. The Morgan fingerprint density at radius 3 is 1.38 bits per heavy atom. The summed E-state index contributed by atoms with van der Waals surface area (Å²) in [7, 11) is 0. The second-order valence-corrected chi connectivity index (χ2v) is 12.4. The summed E-state index contributed by atoms with van der Waals surface area (Å²) in [4.78, 5) is 22.5. The number of aromatic nitrogens is 6. The number of para-hydroxylation sites is 4. The third kappa shape index (κ3) is 4.52. The van der Waals surface area contributed by atoms with Gasteiger partial charge in [-0.05, 0) is 90.0 Å². The van der Waals surface area contributed by atoms with Crippen LogP contribution >= 0.6 is 0 Å². The number of benzene rings is 5. The number of rotatable bonds is 5. The Bertz CT molecular complexity index is 2510. The molecule has 0 atom stereocenters. The summed E-state index contributed by atoms with van der Waals surface area (Å²) in [6.45, 7) is 0. The number of pyridine rings is 2. The minimum Gasteiger partial charge on any atom is -0.310 e. The van der Waals surface area contributed by atoms with Crippen LogP contribution in [0.1, 0.15) is 11.1 Å². The van der Waals surface area contributed by atoms with E-state index in [4.69, 9.17) is 19.9 Å². The van der Waals surface area contributed by atoms with E-state index in [9.17, 15) is 0 Å². The molecule has 0 amide bonds. The maximum Gasteiger partial charge on any atom is 0.164 e. The fourth-order valence-corrected chi connectivity index (χ4v) is 7.22. The molecule has 1 aliphatic heterocycles. The van der Waals surface area contributed by atoms with E-state index in [1.54, 1.807) is 0 Å². The average Bonchev–Trinajstić information content (AvgIpc) is 3.77. The molecule has 5 heterocycles. The van der Waals surface area contributed by atoms with Gasteiger partial charge in [-0.25, -0.2) is 19.9 Å². The first kappa shape index (κ1) is 28.2. The van der Waals surface area contributed by atoms with Gasteiger partial charge in [-0.3, -0.25) is 9.13 Å². The number of anilines is 3. The highest BCUT2D eigenvalue weighted by Gasteiger charge is 2.27. The Morgan fingerprint density at radius 2 is 0.880 bits per heavy atom. The Labute approximate surface area is 288 Å². The largest absolute Gasteiger partial charge is 0.310 e. The number of fused-ring (bicyclic) bond motifs is 4. The van der Waals surface area contributed by atoms with Gasteiger partial charge in [0, 0.05) is 58.4 Å². The van der Waals surface area contributed by atoms with Crippen molar-refractivity contribution in [2.75, 3.05) is 4.90 Å². The molecule has 0 saturated heterocycles. The lowest BCUT2D eigenvalue weighted by Crippen LogP contribution is -2.18. The molecule has 50 heavy (non-hydrogen) atoms. The summed E-state index contributed by atoms with van der Waals surface area (Å²) in [5.41, 5.74) is 13.0. The lowest BCUT2D eigenvalue weighted by atomic mass is 9.94. The van der Waals surface area contributed by atoms with E-state index in [-0.39, 0.29) is 0 Å². The van der Waals surface area contributed by atoms with Crippen LogP contribution in [0.3, 0.4) is 0 Å². The topological polar surface area (TPSA) is 64.7 Å². The Balaban J connectivity index is 1.30. The molecular formula is C43H29N7. The number of nitrogens with zero attached hydrogens (tertiary/aromatic N) is 7. The summed E-state index contributed by atoms with van der Waals surface area (Å²) in [6.07, 6.45) is 4.53. The molecule has 1 aliphatic rings. The van der Waals surface area contributed by atoms with E-state index in [1.165, 1.54) is 11.1 Å². The molecule has 0 spiro atoms. The summed E-state index contributed by atoms with van der Waals surface area (Å²) < 4.78 is 4.30. The van der Waals surface area contributed by atoms with Gasteiger partial charge in [-0.1, -0.05) is 72.8 Å². The molecular weight excluding hydrogens is 615 g/mol. The molecule has 9 aromatic rings. The summed E-state index contributed by atoms with van der Waals surface area (Å²) in [5, 5.41) is 0. The van der Waals surface area contributed by atoms with Gasteiger partial charge in [-0.2, -0.15) is 0 Å². The monoisotopic (exact) mass is 643 g/mol. The first-order valence-electron chi connectivity index (χ1n) is 16.7. The predicted molar refractivity (Wildman–Crippen MR) is 200 cm³/mol. The zero-order chi connectivity index (χ0) is 33.0. The van der Waals surface area contributed by atoms with Gasteiger partial charge in [0.2, 0.25) is 0 Å². The van der Waals surface area contributed by atoms with Crippen molar-refractivity contribution in [3.63, 3.8) is 0 Å². The van der Waals surface area contributed by atoms with Crippen LogP contribution in [0, 0.1) is 0 Å². The van der Waals surface area contributed by atoms with Gasteiger partial charge in [-0.15, -0.1) is 0 Å². The highest BCUT2D eigenvalue weighted by Crippen LogP contribution is 2.46. The van der Waals surface area contributed by atoms with Gasteiger partial charge < -0.3 is 4.90 Å². The van der Waals surface area contributed by atoms with Crippen LogP contribution in [0.2, 0.25) is 0 Å². The highest BCUT2D eigenvalue weighted by atomic mass is 15.2. The Hall–Kier alpha value is -6.86. The SMILES string of the molecule is c1ccc(-n2c(-c3cc(-c4nc5cccnc5n4-c4ccccc4)cc(N4c5ccccc5Cc5ccccc54)c3)nc3cccnc32)cc1. The molecule has 0 saturated carbocycles. The van der Waals surface area contributed by atoms with Gasteiger partial charge in [0.25, 0.3) is 0 Å². The smallest absolute Gasteiger partial charge is 0.164 e. The van der Waals surface area contributed by atoms with Crippen molar-refractivity contribution in [1.82, 2.24) is 29.1 Å². The summed E-state index contributed by atoms with van der Waals surface area (Å²) in [6, 6.07) is 52.6. The average molecular weight is 644 g/mol. The second kappa shape index (κ2) is 11.4. The van der Waals surface area contributed by atoms with Crippen molar-refractivity contribution >= 4 is 39.4 Å². The van der Waals surface area contributed by atoms with Crippen molar-refractivity contribution in [2.45, 2.75) is 6.42 Å². The van der Waals surface area contributed by atoms with Crippen LogP contribution in [0.4, 0.5) is 17.1 Å². The normalized spacial score (nSPS) is 12.3. The molecule has 7 nitrogen and oxygen atoms in total. The molecule has 236 valence electrons. The second-order valence-electron chi connectivity index (χ2n) is 12.4. The molecule has 0 unspecified atom stereocenters. The maximum absolute atomic E-state index is 5.23. The molecule has 7 heteroatoms.